The van der Waals surface area contributed by atoms with Crippen molar-refractivity contribution in [1.82, 2.24) is 0 Å². The van der Waals surface area contributed by atoms with Crippen molar-refractivity contribution >= 4 is 32.7 Å². The number of carbonyl (C=O) groups excluding carboxylic acids is 1. The number of hydrogen-bond donors (Lipinski definition) is 0. The average molecular weight is 333 g/mol. The van der Waals surface area contributed by atoms with E-state index in [1.165, 1.54) is 18.2 Å². The Hall–Kier alpha value is -1.94. The van der Waals surface area contributed by atoms with Gasteiger partial charge in [-0.3, -0.25) is 4.79 Å². The Morgan fingerprint density at radius 3 is 2.80 bits per heavy atom. The third kappa shape index (κ3) is 2.16. The van der Waals surface area contributed by atoms with Gasteiger partial charge in [0.25, 0.3) is 0 Å². The maximum absolute atomic E-state index is 13.2. The van der Waals surface area contributed by atoms with Crippen molar-refractivity contribution in [3.05, 3.63) is 69.6 Å². The van der Waals surface area contributed by atoms with Crippen molar-refractivity contribution < 1.29 is 13.6 Å². The van der Waals surface area contributed by atoms with Gasteiger partial charge in [0.15, 0.2) is 5.76 Å². The molecular weight excluding hydrogens is 323 g/mol. The zero-order valence-electron chi connectivity index (χ0n) is 10.6. The van der Waals surface area contributed by atoms with Crippen LogP contribution in [0.4, 0.5) is 4.39 Å². The van der Waals surface area contributed by atoms with Crippen LogP contribution < -0.4 is 0 Å². The lowest BCUT2D eigenvalue weighted by Crippen LogP contribution is -2.01. The molecule has 0 bridgehead atoms. The van der Waals surface area contributed by atoms with Crippen LogP contribution in [0.5, 0.6) is 0 Å². The van der Waals surface area contributed by atoms with Gasteiger partial charge in [-0.1, -0.05) is 12.1 Å². The van der Waals surface area contributed by atoms with E-state index in [2.05, 4.69) is 15.9 Å². The molecule has 0 aliphatic heterocycles. The van der Waals surface area contributed by atoms with Crippen LogP contribution in [0.25, 0.3) is 11.0 Å². The Balaban J connectivity index is 2.10. The Bertz CT molecular complexity index is 820. The highest BCUT2D eigenvalue weighted by atomic mass is 79.9. The van der Waals surface area contributed by atoms with E-state index < -0.39 is 0 Å². The van der Waals surface area contributed by atoms with Crippen molar-refractivity contribution in [2.75, 3.05) is 0 Å². The minimum absolute atomic E-state index is 0.205. The number of furan rings is 1. The van der Waals surface area contributed by atoms with Crippen LogP contribution in [0.15, 0.2) is 51.4 Å². The molecule has 0 saturated carbocycles. The smallest absolute Gasteiger partial charge is 0.229 e. The summed E-state index contributed by atoms with van der Waals surface area (Å²) >= 11 is 3.41. The molecule has 4 heteroatoms. The van der Waals surface area contributed by atoms with Crippen LogP contribution in [-0.4, -0.2) is 5.78 Å². The molecule has 20 heavy (non-hydrogen) atoms. The molecule has 0 aliphatic rings. The van der Waals surface area contributed by atoms with Crippen LogP contribution in [0, 0.1) is 12.7 Å². The number of benzene rings is 2. The summed E-state index contributed by atoms with van der Waals surface area (Å²) in [6, 6.07) is 11.2. The normalized spacial score (nSPS) is 10.9. The van der Waals surface area contributed by atoms with E-state index in [0.717, 1.165) is 10.0 Å². The fraction of sp³-hybridized carbons (Fsp3) is 0.0625. The molecule has 0 fully saturated rings. The fourth-order valence-electron chi connectivity index (χ4n) is 2.08. The number of carbonyl (C=O) groups is 1. The second kappa shape index (κ2) is 4.87. The van der Waals surface area contributed by atoms with Gasteiger partial charge < -0.3 is 4.42 Å². The summed E-state index contributed by atoms with van der Waals surface area (Å²) in [7, 11) is 0. The van der Waals surface area contributed by atoms with Crippen molar-refractivity contribution in [3.63, 3.8) is 0 Å². The summed E-state index contributed by atoms with van der Waals surface area (Å²) in [5.74, 6) is -0.372. The maximum atomic E-state index is 13.2. The Labute approximate surface area is 123 Å². The first-order valence-corrected chi connectivity index (χ1v) is 6.84. The first-order valence-electron chi connectivity index (χ1n) is 6.05. The number of hydrogen-bond acceptors (Lipinski definition) is 2. The van der Waals surface area contributed by atoms with Crippen LogP contribution in [0.3, 0.4) is 0 Å². The summed E-state index contributed by atoms with van der Waals surface area (Å²) in [5.41, 5.74) is 2.00. The summed E-state index contributed by atoms with van der Waals surface area (Å²) in [6.45, 7) is 1.91. The highest BCUT2D eigenvalue weighted by Gasteiger charge is 2.18. The predicted molar refractivity (Wildman–Crippen MR) is 78.5 cm³/mol. The van der Waals surface area contributed by atoms with Crippen molar-refractivity contribution in [2.45, 2.75) is 6.92 Å². The van der Waals surface area contributed by atoms with Gasteiger partial charge >= 0.3 is 0 Å². The zero-order chi connectivity index (χ0) is 14.3. The zero-order valence-corrected chi connectivity index (χ0v) is 12.2. The third-order valence-corrected chi connectivity index (χ3v) is 4.19. The maximum Gasteiger partial charge on any atom is 0.229 e. The molecule has 0 unspecified atom stereocenters. The SMILES string of the molecule is Cc1cccc(C(=O)c2cc3cc(F)ccc3o2)c1Br. The Morgan fingerprint density at radius 2 is 2.00 bits per heavy atom. The summed E-state index contributed by atoms with van der Waals surface area (Å²) in [6.07, 6.45) is 0. The standard InChI is InChI=1S/C16H10BrFO2/c1-9-3-2-4-12(15(9)17)16(19)14-8-10-7-11(18)5-6-13(10)20-14/h2-8H,1H3. The van der Waals surface area contributed by atoms with Gasteiger partial charge in [0.1, 0.15) is 11.4 Å². The molecule has 0 spiro atoms. The molecule has 3 aromatic rings. The van der Waals surface area contributed by atoms with Crippen molar-refractivity contribution in [1.29, 1.82) is 0 Å². The number of rotatable bonds is 2. The fourth-order valence-corrected chi connectivity index (χ4v) is 2.53. The number of fused-ring (bicyclic) bond motifs is 1. The van der Waals surface area contributed by atoms with Crippen molar-refractivity contribution in [2.24, 2.45) is 0 Å². The quantitative estimate of drug-likeness (QED) is 0.626. The van der Waals surface area contributed by atoms with Gasteiger partial charge in [0.05, 0.1) is 0 Å². The van der Waals surface area contributed by atoms with E-state index in [1.807, 2.05) is 19.1 Å². The highest BCUT2D eigenvalue weighted by Crippen LogP contribution is 2.27. The third-order valence-electron chi connectivity index (χ3n) is 3.14. The van der Waals surface area contributed by atoms with Gasteiger partial charge in [-0.05, 0) is 58.7 Å². The van der Waals surface area contributed by atoms with E-state index in [1.54, 1.807) is 12.1 Å². The van der Waals surface area contributed by atoms with Gasteiger partial charge in [-0.15, -0.1) is 0 Å². The molecule has 1 heterocycles. The molecule has 0 amide bonds. The van der Waals surface area contributed by atoms with E-state index in [0.29, 0.717) is 16.5 Å². The van der Waals surface area contributed by atoms with E-state index >= 15 is 0 Å². The van der Waals surface area contributed by atoms with Crippen LogP contribution in [0.2, 0.25) is 0 Å². The van der Waals surface area contributed by atoms with Crippen LogP contribution in [0.1, 0.15) is 21.7 Å². The first-order chi connectivity index (χ1) is 9.56. The summed E-state index contributed by atoms with van der Waals surface area (Å²) in [4.78, 5) is 12.5. The number of halogens is 2. The van der Waals surface area contributed by atoms with E-state index in [4.69, 9.17) is 4.42 Å². The molecule has 2 aromatic carbocycles. The van der Waals surface area contributed by atoms with E-state index in [-0.39, 0.29) is 17.4 Å². The lowest BCUT2D eigenvalue weighted by atomic mass is 10.1. The van der Waals surface area contributed by atoms with E-state index in [9.17, 15) is 9.18 Å². The van der Waals surface area contributed by atoms with Crippen molar-refractivity contribution in [3.8, 4) is 0 Å². The lowest BCUT2D eigenvalue weighted by Gasteiger charge is -2.03. The van der Waals surface area contributed by atoms with Crippen LogP contribution in [-0.2, 0) is 0 Å². The molecule has 0 radical (unpaired) electrons. The molecule has 2 nitrogen and oxygen atoms in total. The Morgan fingerprint density at radius 1 is 1.20 bits per heavy atom. The molecule has 0 saturated heterocycles. The highest BCUT2D eigenvalue weighted by molar-refractivity contribution is 9.10. The Kier molecular flexibility index (Phi) is 3.18. The summed E-state index contributed by atoms with van der Waals surface area (Å²) in [5, 5.41) is 0.581. The molecular formula is C16H10BrFO2. The molecule has 0 aliphatic carbocycles. The predicted octanol–water partition coefficient (Wildman–Crippen LogP) is 4.87. The lowest BCUT2D eigenvalue weighted by molar-refractivity contribution is 0.101. The topological polar surface area (TPSA) is 30.2 Å². The second-order valence-electron chi connectivity index (χ2n) is 4.56. The van der Waals surface area contributed by atoms with Gasteiger partial charge in [-0.25, -0.2) is 4.39 Å². The molecule has 0 N–H and O–H groups in total. The molecule has 3 rings (SSSR count). The van der Waals surface area contributed by atoms with Crippen LogP contribution >= 0.6 is 15.9 Å². The molecule has 1 aromatic heterocycles. The largest absolute Gasteiger partial charge is 0.453 e. The number of aryl methyl sites for hydroxylation is 1. The van der Waals surface area contributed by atoms with Gasteiger partial charge in [0.2, 0.25) is 5.78 Å². The minimum Gasteiger partial charge on any atom is -0.453 e. The minimum atomic E-state index is -0.353. The first kappa shape index (κ1) is 13.1. The average Bonchev–Trinajstić information content (AvgIpc) is 2.84. The van der Waals surface area contributed by atoms with Gasteiger partial charge in [0, 0.05) is 15.4 Å². The molecule has 100 valence electrons. The second-order valence-corrected chi connectivity index (χ2v) is 5.35. The molecule has 0 atom stereocenters. The van der Waals surface area contributed by atoms with Gasteiger partial charge in [-0.2, -0.15) is 0 Å². The number of ketones is 1. The monoisotopic (exact) mass is 332 g/mol. The summed E-state index contributed by atoms with van der Waals surface area (Å²) < 4.78 is 19.4.